The highest BCUT2D eigenvalue weighted by molar-refractivity contribution is 5.58. The van der Waals surface area contributed by atoms with Gasteiger partial charge in [0.2, 0.25) is 0 Å². The molecule has 0 spiro atoms. The van der Waals surface area contributed by atoms with Gasteiger partial charge in [-0.1, -0.05) is 0 Å². The largest absolute Gasteiger partial charge is 0.496 e. The van der Waals surface area contributed by atoms with Crippen LogP contribution in [0.5, 0.6) is 17.2 Å². The van der Waals surface area contributed by atoms with Crippen LogP contribution in [-0.2, 0) is 13.0 Å². The average molecular weight is 237 g/mol. The molecule has 1 unspecified atom stereocenters. The Labute approximate surface area is 102 Å². The molecule has 17 heavy (non-hydrogen) atoms. The van der Waals surface area contributed by atoms with E-state index in [1.54, 1.807) is 21.3 Å². The number of rotatable bonds is 3. The summed E-state index contributed by atoms with van der Waals surface area (Å²) >= 11 is 0. The third-order valence-electron chi connectivity index (χ3n) is 3.20. The van der Waals surface area contributed by atoms with Crippen LogP contribution in [0.4, 0.5) is 0 Å². The minimum Gasteiger partial charge on any atom is -0.496 e. The van der Waals surface area contributed by atoms with Crippen LogP contribution in [0.3, 0.4) is 0 Å². The molecule has 1 atom stereocenters. The van der Waals surface area contributed by atoms with Crippen molar-refractivity contribution >= 4 is 0 Å². The first-order valence-corrected chi connectivity index (χ1v) is 5.75. The van der Waals surface area contributed by atoms with E-state index in [9.17, 15) is 0 Å². The first-order valence-electron chi connectivity index (χ1n) is 5.75. The molecule has 1 aliphatic rings. The van der Waals surface area contributed by atoms with E-state index in [1.807, 2.05) is 6.07 Å². The number of benzene rings is 1. The van der Waals surface area contributed by atoms with Crippen LogP contribution in [0.1, 0.15) is 18.1 Å². The summed E-state index contributed by atoms with van der Waals surface area (Å²) in [4.78, 5) is 0. The van der Waals surface area contributed by atoms with Gasteiger partial charge in [0.25, 0.3) is 0 Å². The van der Waals surface area contributed by atoms with Crippen molar-refractivity contribution in [1.82, 2.24) is 5.32 Å². The molecule has 0 radical (unpaired) electrons. The molecule has 1 N–H and O–H groups in total. The lowest BCUT2D eigenvalue weighted by molar-refractivity contribution is 0.337. The molecule has 0 saturated heterocycles. The third-order valence-corrected chi connectivity index (χ3v) is 3.20. The smallest absolute Gasteiger partial charge is 0.164 e. The molecule has 4 nitrogen and oxygen atoms in total. The molecule has 0 saturated carbocycles. The Balaban J connectivity index is 2.59. The predicted molar refractivity (Wildman–Crippen MR) is 66.1 cm³/mol. The van der Waals surface area contributed by atoms with Crippen molar-refractivity contribution in [2.75, 3.05) is 21.3 Å². The summed E-state index contributed by atoms with van der Waals surface area (Å²) in [5.41, 5.74) is 2.36. The summed E-state index contributed by atoms with van der Waals surface area (Å²) in [6.45, 7) is 2.97. The zero-order valence-electron chi connectivity index (χ0n) is 10.8. The van der Waals surface area contributed by atoms with Crippen LogP contribution in [0.2, 0.25) is 0 Å². The quantitative estimate of drug-likeness (QED) is 0.869. The van der Waals surface area contributed by atoms with Crippen LogP contribution < -0.4 is 19.5 Å². The molecule has 0 aromatic heterocycles. The van der Waals surface area contributed by atoms with E-state index < -0.39 is 0 Å². The van der Waals surface area contributed by atoms with Gasteiger partial charge in [-0.05, 0) is 13.3 Å². The number of hydrogen-bond donors (Lipinski definition) is 1. The molecule has 0 aliphatic carbocycles. The van der Waals surface area contributed by atoms with Crippen LogP contribution in [0.25, 0.3) is 0 Å². The number of hydrogen-bond acceptors (Lipinski definition) is 4. The van der Waals surface area contributed by atoms with Gasteiger partial charge >= 0.3 is 0 Å². The highest BCUT2D eigenvalue weighted by atomic mass is 16.5. The Kier molecular flexibility index (Phi) is 3.43. The van der Waals surface area contributed by atoms with Gasteiger partial charge in [0.15, 0.2) is 11.5 Å². The lowest BCUT2D eigenvalue weighted by Gasteiger charge is -2.27. The normalized spacial score (nSPS) is 18.5. The summed E-state index contributed by atoms with van der Waals surface area (Å²) in [7, 11) is 5.01. The minimum absolute atomic E-state index is 0.438. The predicted octanol–water partition coefficient (Wildman–Crippen LogP) is 1.75. The lowest BCUT2D eigenvalue weighted by atomic mass is 9.94. The van der Waals surface area contributed by atoms with E-state index in [1.165, 1.54) is 11.1 Å². The average Bonchev–Trinajstić information content (AvgIpc) is 2.36. The molecule has 2 rings (SSSR count). The first kappa shape index (κ1) is 12.0. The monoisotopic (exact) mass is 237 g/mol. The van der Waals surface area contributed by atoms with Gasteiger partial charge in [-0.3, -0.25) is 0 Å². The topological polar surface area (TPSA) is 39.7 Å². The van der Waals surface area contributed by atoms with Gasteiger partial charge in [-0.25, -0.2) is 0 Å². The SMILES string of the molecule is COc1cc(OC)c(OC)c2c1CNC(C)C2. The van der Waals surface area contributed by atoms with Crippen LogP contribution in [0.15, 0.2) is 6.07 Å². The van der Waals surface area contributed by atoms with Gasteiger partial charge in [0, 0.05) is 29.8 Å². The number of methoxy groups -OCH3 is 3. The number of nitrogens with one attached hydrogen (secondary N) is 1. The standard InChI is InChI=1S/C13H19NO3/c1-8-5-9-10(7-14-8)11(15-2)6-12(16-3)13(9)17-4/h6,8,14H,5,7H2,1-4H3. The maximum absolute atomic E-state index is 5.47. The molecular weight excluding hydrogens is 218 g/mol. The van der Waals surface area contributed by atoms with E-state index in [0.717, 1.165) is 30.2 Å². The van der Waals surface area contributed by atoms with Crippen LogP contribution in [-0.4, -0.2) is 27.4 Å². The van der Waals surface area contributed by atoms with Crippen molar-refractivity contribution in [3.8, 4) is 17.2 Å². The fraction of sp³-hybridized carbons (Fsp3) is 0.538. The van der Waals surface area contributed by atoms with Crippen molar-refractivity contribution in [1.29, 1.82) is 0 Å². The molecular formula is C13H19NO3. The van der Waals surface area contributed by atoms with Crippen molar-refractivity contribution in [3.05, 3.63) is 17.2 Å². The number of fused-ring (bicyclic) bond motifs is 1. The molecule has 1 aliphatic heterocycles. The van der Waals surface area contributed by atoms with Gasteiger partial charge in [-0.15, -0.1) is 0 Å². The van der Waals surface area contributed by atoms with Gasteiger partial charge in [0.05, 0.1) is 21.3 Å². The van der Waals surface area contributed by atoms with Gasteiger partial charge in [0.1, 0.15) is 5.75 Å². The highest BCUT2D eigenvalue weighted by Gasteiger charge is 2.25. The second-order valence-electron chi connectivity index (χ2n) is 4.26. The zero-order valence-corrected chi connectivity index (χ0v) is 10.8. The highest BCUT2D eigenvalue weighted by Crippen LogP contribution is 2.41. The summed E-state index contributed by atoms with van der Waals surface area (Å²) < 4.78 is 16.2. The Hall–Kier alpha value is -1.42. The van der Waals surface area contributed by atoms with E-state index in [-0.39, 0.29) is 0 Å². The second kappa shape index (κ2) is 4.84. The summed E-state index contributed by atoms with van der Waals surface area (Å²) in [6, 6.07) is 2.32. The van der Waals surface area contributed by atoms with Crippen molar-refractivity contribution in [2.24, 2.45) is 0 Å². The second-order valence-corrected chi connectivity index (χ2v) is 4.26. The molecule has 0 bridgehead atoms. The van der Waals surface area contributed by atoms with E-state index in [2.05, 4.69) is 12.2 Å². The summed E-state index contributed by atoms with van der Waals surface area (Å²) in [5, 5.41) is 3.43. The van der Waals surface area contributed by atoms with Crippen LogP contribution >= 0.6 is 0 Å². The van der Waals surface area contributed by atoms with Crippen LogP contribution in [0, 0.1) is 0 Å². The molecule has 0 amide bonds. The Bertz CT molecular complexity index is 395. The first-order chi connectivity index (χ1) is 8.21. The van der Waals surface area contributed by atoms with Gasteiger partial charge in [-0.2, -0.15) is 0 Å². The lowest BCUT2D eigenvalue weighted by Crippen LogP contribution is -2.33. The molecule has 4 heteroatoms. The maximum atomic E-state index is 5.47. The Morgan fingerprint density at radius 3 is 2.35 bits per heavy atom. The molecule has 1 aromatic rings. The van der Waals surface area contributed by atoms with Crippen molar-refractivity contribution in [3.63, 3.8) is 0 Å². The maximum Gasteiger partial charge on any atom is 0.164 e. The van der Waals surface area contributed by atoms with Crippen molar-refractivity contribution < 1.29 is 14.2 Å². The summed E-state index contributed by atoms with van der Waals surface area (Å²) in [5.74, 6) is 2.42. The van der Waals surface area contributed by atoms with E-state index in [0.29, 0.717) is 6.04 Å². The fourth-order valence-electron chi connectivity index (χ4n) is 2.33. The molecule has 94 valence electrons. The zero-order chi connectivity index (χ0) is 12.4. The summed E-state index contributed by atoms with van der Waals surface area (Å²) in [6.07, 6.45) is 0.923. The van der Waals surface area contributed by atoms with Crippen molar-refractivity contribution in [2.45, 2.75) is 25.9 Å². The Morgan fingerprint density at radius 1 is 1.06 bits per heavy atom. The minimum atomic E-state index is 0.438. The number of ether oxygens (including phenoxy) is 3. The van der Waals surface area contributed by atoms with E-state index in [4.69, 9.17) is 14.2 Å². The third kappa shape index (κ3) is 2.05. The fourth-order valence-corrected chi connectivity index (χ4v) is 2.33. The molecule has 1 aromatic carbocycles. The molecule has 0 fully saturated rings. The van der Waals surface area contributed by atoms with E-state index >= 15 is 0 Å². The Morgan fingerprint density at radius 2 is 1.76 bits per heavy atom. The van der Waals surface area contributed by atoms with Gasteiger partial charge < -0.3 is 19.5 Å². The molecule has 1 heterocycles.